The summed E-state index contributed by atoms with van der Waals surface area (Å²) < 4.78 is 6.07. The molecule has 18 heavy (non-hydrogen) atoms. The van der Waals surface area contributed by atoms with Gasteiger partial charge < -0.3 is 10.5 Å². The molecule has 2 rings (SSSR count). The fourth-order valence-electron chi connectivity index (χ4n) is 2.05. The summed E-state index contributed by atoms with van der Waals surface area (Å²) in [5, 5.41) is 0. The van der Waals surface area contributed by atoms with Crippen LogP contribution in [-0.4, -0.2) is 13.7 Å². The Bertz CT molecular complexity index is 538. The Hall–Kier alpha value is -1.03. The van der Waals surface area contributed by atoms with Gasteiger partial charge in [-0.05, 0) is 36.2 Å². The normalized spacial score (nSPS) is 12.4. The first-order valence-electron chi connectivity index (χ1n) is 5.75. The summed E-state index contributed by atoms with van der Waals surface area (Å²) in [7, 11) is 1.68. The second-order valence-electron chi connectivity index (χ2n) is 4.16. The van der Waals surface area contributed by atoms with Crippen LogP contribution in [0.5, 0.6) is 5.75 Å². The van der Waals surface area contributed by atoms with Crippen molar-refractivity contribution in [1.29, 1.82) is 0 Å². The summed E-state index contributed by atoms with van der Waals surface area (Å²) in [5.74, 6) is 1.10. The lowest BCUT2D eigenvalue weighted by Crippen LogP contribution is -2.12. The van der Waals surface area contributed by atoms with E-state index in [9.17, 15) is 0 Å². The number of hydrogen-bond donors (Lipinski definition) is 1. The molecule has 1 aromatic carbocycles. The molecule has 0 fully saturated rings. The number of benzene rings is 1. The molecule has 0 amide bonds. The smallest absolute Gasteiger partial charge is 0.121 e. The number of methoxy groups -OCH3 is 1. The molecule has 0 spiro atoms. The van der Waals surface area contributed by atoms with E-state index in [1.165, 1.54) is 10.4 Å². The predicted molar refractivity (Wildman–Crippen MR) is 78.0 cm³/mol. The average molecular weight is 282 g/mol. The van der Waals surface area contributed by atoms with Gasteiger partial charge in [-0.25, -0.2) is 0 Å². The van der Waals surface area contributed by atoms with Crippen LogP contribution in [0.4, 0.5) is 0 Å². The second-order valence-corrected chi connectivity index (χ2v) is 5.91. The van der Waals surface area contributed by atoms with Gasteiger partial charge in [0, 0.05) is 17.3 Å². The van der Waals surface area contributed by atoms with Crippen LogP contribution >= 0.6 is 22.9 Å². The first kappa shape index (κ1) is 13.4. The molecule has 0 saturated heterocycles. The minimum Gasteiger partial charge on any atom is -0.496 e. The van der Waals surface area contributed by atoms with Gasteiger partial charge in [0.25, 0.3) is 0 Å². The van der Waals surface area contributed by atoms with Crippen molar-refractivity contribution in [3.8, 4) is 5.75 Å². The molecule has 2 aromatic rings. The molecule has 96 valence electrons. The molecule has 1 atom stereocenters. The van der Waals surface area contributed by atoms with Crippen LogP contribution in [0.15, 0.2) is 30.3 Å². The summed E-state index contributed by atoms with van der Waals surface area (Å²) in [6.07, 6.45) is 0. The Morgan fingerprint density at radius 2 is 2.11 bits per heavy atom. The summed E-state index contributed by atoms with van der Waals surface area (Å²) in [5.41, 5.74) is 8.22. The van der Waals surface area contributed by atoms with Crippen molar-refractivity contribution < 1.29 is 4.74 Å². The molecule has 1 unspecified atom stereocenters. The van der Waals surface area contributed by atoms with Crippen molar-refractivity contribution in [1.82, 2.24) is 0 Å². The average Bonchev–Trinajstić information content (AvgIpc) is 2.77. The van der Waals surface area contributed by atoms with Crippen LogP contribution < -0.4 is 10.5 Å². The van der Waals surface area contributed by atoms with E-state index in [1.54, 1.807) is 18.4 Å². The van der Waals surface area contributed by atoms with Crippen molar-refractivity contribution in [3.05, 3.63) is 50.7 Å². The lowest BCUT2D eigenvalue weighted by atomic mass is 9.96. The topological polar surface area (TPSA) is 35.2 Å². The zero-order valence-corrected chi connectivity index (χ0v) is 12.0. The molecule has 0 aliphatic rings. The van der Waals surface area contributed by atoms with Crippen molar-refractivity contribution >= 4 is 22.9 Å². The van der Waals surface area contributed by atoms with Crippen LogP contribution in [0.25, 0.3) is 0 Å². The quantitative estimate of drug-likeness (QED) is 0.925. The molecule has 0 bridgehead atoms. The summed E-state index contributed by atoms with van der Waals surface area (Å²) in [6.45, 7) is 2.61. The number of halogens is 1. The Kier molecular flexibility index (Phi) is 4.27. The van der Waals surface area contributed by atoms with Gasteiger partial charge in [0.2, 0.25) is 0 Å². The van der Waals surface area contributed by atoms with Crippen LogP contribution in [0.2, 0.25) is 4.34 Å². The van der Waals surface area contributed by atoms with Crippen LogP contribution in [0, 0.1) is 6.92 Å². The monoisotopic (exact) mass is 281 g/mol. The van der Waals surface area contributed by atoms with Crippen LogP contribution in [-0.2, 0) is 0 Å². The fourth-order valence-corrected chi connectivity index (χ4v) is 3.25. The third kappa shape index (κ3) is 2.69. The van der Waals surface area contributed by atoms with Gasteiger partial charge in [0.15, 0.2) is 0 Å². The van der Waals surface area contributed by atoms with E-state index >= 15 is 0 Å². The van der Waals surface area contributed by atoms with Crippen LogP contribution in [0.3, 0.4) is 0 Å². The highest BCUT2D eigenvalue weighted by atomic mass is 35.5. The first-order valence-corrected chi connectivity index (χ1v) is 6.95. The highest BCUT2D eigenvalue weighted by Crippen LogP contribution is 2.33. The highest BCUT2D eigenvalue weighted by Gasteiger charge is 2.15. The zero-order valence-electron chi connectivity index (χ0n) is 10.4. The van der Waals surface area contributed by atoms with Gasteiger partial charge in [-0.3, -0.25) is 0 Å². The van der Waals surface area contributed by atoms with E-state index < -0.39 is 0 Å². The molecular formula is C14H16ClNOS. The number of ether oxygens (including phenoxy) is 1. The minimum atomic E-state index is 0.201. The number of aryl methyl sites for hydroxylation is 1. The third-order valence-corrected chi connectivity index (χ3v) is 4.34. The standard InChI is InChI=1S/C14H16ClNOS/c1-9-7-10(3-4-12(9)17-2)11(8-16)13-5-6-14(15)18-13/h3-7,11H,8,16H2,1-2H3. The van der Waals surface area contributed by atoms with Crippen molar-refractivity contribution in [2.45, 2.75) is 12.8 Å². The number of nitrogens with two attached hydrogens (primary N) is 1. The SMILES string of the molecule is COc1ccc(C(CN)c2ccc(Cl)s2)cc1C. The van der Waals surface area contributed by atoms with Gasteiger partial charge in [-0.2, -0.15) is 0 Å². The van der Waals surface area contributed by atoms with Crippen molar-refractivity contribution in [2.75, 3.05) is 13.7 Å². The van der Waals surface area contributed by atoms with Gasteiger partial charge in [-0.1, -0.05) is 23.7 Å². The van der Waals surface area contributed by atoms with Gasteiger partial charge in [0.1, 0.15) is 5.75 Å². The lowest BCUT2D eigenvalue weighted by Gasteiger charge is -2.15. The van der Waals surface area contributed by atoms with E-state index in [0.717, 1.165) is 15.6 Å². The third-order valence-electron chi connectivity index (χ3n) is 2.99. The molecule has 4 heteroatoms. The molecule has 1 aromatic heterocycles. The van der Waals surface area contributed by atoms with Gasteiger partial charge >= 0.3 is 0 Å². The Morgan fingerprint density at radius 1 is 1.33 bits per heavy atom. The molecule has 1 heterocycles. The maximum absolute atomic E-state index is 5.99. The zero-order chi connectivity index (χ0) is 13.1. The van der Waals surface area contributed by atoms with Crippen LogP contribution in [0.1, 0.15) is 21.9 Å². The Labute approximate surface area is 116 Å². The van der Waals surface area contributed by atoms with Crippen molar-refractivity contribution in [2.24, 2.45) is 5.73 Å². The molecule has 0 aliphatic heterocycles. The van der Waals surface area contributed by atoms with E-state index in [1.807, 2.05) is 25.1 Å². The molecule has 0 radical (unpaired) electrons. The predicted octanol–water partition coefficient (Wildman–Crippen LogP) is 3.81. The highest BCUT2D eigenvalue weighted by molar-refractivity contribution is 7.16. The van der Waals surface area contributed by atoms with E-state index in [-0.39, 0.29) is 5.92 Å². The molecule has 0 saturated carbocycles. The number of thiophene rings is 1. The lowest BCUT2D eigenvalue weighted by molar-refractivity contribution is 0.411. The first-order chi connectivity index (χ1) is 8.65. The number of rotatable bonds is 4. The largest absolute Gasteiger partial charge is 0.496 e. The molecule has 2 nitrogen and oxygen atoms in total. The minimum absolute atomic E-state index is 0.201. The van der Waals surface area contributed by atoms with E-state index in [2.05, 4.69) is 12.1 Å². The van der Waals surface area contributed by atoms with Gasteiger partial charge in [-0.15, -0.1) is 11.3 Å². The molecular weight excluding hydrogens is 266 g/mol. The summed E-state index contributed by atoms with van der Waals surface area (Å²) in [4.78, 5) is 1.20. The molecule has 0 aliphatic carbocycles. The maximum atomic E-state index is 5.99. The van der Waals surface area contributed by atoms with Crippen molar-refractivity contribution in [3.63, 3.8) is 0 Å². The second kappa shape index (κ2) is 5.74. The Morgan fingerprint density at radius 3 is 2.61 bits per heavy atom. The van der Waals surface area contributed by atoms with Gasteiger partial charge in [0.05, 0.1) is 11.4 Å². The Balaban J connectivity index is 2.36. The number of hydrogen-bond acceptors (Lipinski definition) is 3. The summed E-state index contributed by atoms with van der Waals surface area (Å²) >= 11 is 7.57. The molecule has 2 N–H and O–H groups in total. The van der Waals surface area contributed by atoms with E-state index in [4.69, 9.17) is 22.1 Å². The fraction of sp³-hybridized carbons (Fsp3) is 0.286. The van der Waals surface area contributed by atoms with E-state index in [0.29, 0.717) is 6.54 Å². The summed E-state index contributed by atoms with van der Waals surface area (Å²) in [6, 6.07) is 10.1. The maximum Gasteiger partial charge on any atom is 0.121 e.